The molecule has 0 amide bonds. The molecule has 0 spiro atoms. The summed E-state index contributed by atoms with van der Waals surface area (Å²) in [5, 5.41) is 0.640. The van der Waals surface area contributed by atoms with Crippen molar-refractivity contribution in [3.8, 4) is 33.9 Å². The van der Waals surface area contributed by atoms with Crippen molar-refractivity contribution in [2.24, 2.45) is 0 Å². The van der Waals surface area contributed by atoms with Gasteiger partial charge in [0.05, 0.1) is 11.2 Å². The largest absolute Gasteiger partial charge is 0.436 e. The highest BCUT2D eigenvalue weighted by atomic mass is 35.5. The van der Waals surface area contributed by atoms with Crippen LogP contribution in [0.4, 0.5) is 11.4 Å². The molecule has 3 aromatic carbocycles. The van der Waals surface area contributed by atoms with E-state index in [1.54, 1.807) is 6.20 Å². The number of anilines is 2. The van der Waals surface area contributed by atoms with Crippen molar-refractivity contribution in [3.63, 3.8) is 0 Å². The summed E-state index contributed by atoms with van der Waals surface area (Å²) < 4.78 is 6.16. The number of rotatable bonds is 9. The SMILES string of the molecule is CCCN(CCC)c1ccc(-c2ncc(-c3cc(-c4ccc(N(C)C)cc4)ccc3Cl)o2)cc1. The third-order valence-electron chi connectivity index (χ3n) is 5.92. The zero-order valence-electron chi connectivity index (χ0n) is 20.4. The molecular weight excluding hydrogens is 442 g/mol. The Hall–Kier alpha value is -3.24. The van der Waals surface area contributed by atoms with Crippen LogP contribution in [0.15, 0.2) is 77.3 Å². The number of hydrogen-bond acceptors (Lipinski definition) is 4. The number of benzene rings is 3. The van der Waals surface area contributed by atoms with Crippen LogP contribution in [0, 0.1) is 0 Å². The van der Waals surface area contributed by atoms with E-state index in [-0.39, 0.29) is 0 Å². The summed E-state index contributed by atoms with van der Waals surface area (Å²) in [6.45, 7) is 6.54. The molecule has 0 aliphatic heterocycles. The van der Waals surface area contributed by atoms with Gasteiger partial charge in [-0.2, -0.15) is 0 Å². The monoisotopic (exact) mass is 473 g/mol. The van der Waals surface area contributed by atoms with Crippen molar-refractivity contribution in [1.82, 2.24) is 4.98 Å². The van der Waals surface area contributed by atoms with Crippen LogP contribution >= 0.6 is 11.6 Å². The lowest BCUT2D eigenvalue weighted by Gasteiger charge is -2.23. The van der Waals surface area contributed by atoms with Crippen LogP contribution < -0.4 is 9.80 Å². The summed E-state index contributed by atoms with van der Waals surface area (Å²) >= 11 is 6.56. The van der Waals surface area contributed by atoms with Crippen molar-refractivity contribution in [2.45, 2.75) is 26.7 Å². The molecule has 0 unspecified atom stereocenters. The summed E-state index contributed by atoms with van der Waals surface area (Å²) in [6.07, 6.45) is 4.01. The number of nitrogens with zero attached hydrogens (tertiary/aromatic N) is 3. The zero-order chi connectivity index (χ0) is 24.1. The quantitative estimate of drug-likeness (QED) is 0.246. The van der Waals surface area contributed by atoms with Gasteiger partial charge in [0.15, 0.2) is 5.76 Å². The Labute approximate surface area is 207 Å². The fourth-order valence-electron chi connectivity index (χ4n) is 4.10. The summed E-state index contributed by atoms with van der Waals surface area (Å²) in [6, 6.07) is 22.9. The van der Waals surface area contributed by atoms with E-state index in [1.807, 2.05) is 26.2 Å². The number of hydrogen-bond donors (Lipinski definition) is 0. The predicted molar refractivity (Wildman–Crippen MR) is 145 cm³/mol. The molecule has 4 nitrogen and oxygen atoms in total. The van der Waals surface area contributed by atoms with Crippen molar-refractivity contribution in [1.29, 1.82) is 0 Å². The molecule has 0 aliphatic rings. The molecular formula is C29H32ClN3O. The van der Waals surface area contributed by atoms with Crippen LogP contribution in [0.25, 0.3) is 33.9 Å². The van der Waals surface area contributed by atoms with Crippen molar-refractivity contribution < 1.29 is 4.42 Å². The fraction of sp³-hybridized carbons (Fsp3) is 0.276. The second kappa shape index (κ2) is 10.8. The maximum atomic E-state index is 6.56. The first kappa shape index (κ1) is 23.9. The average molecular weight is 474 g/mol. The third-order valence-corrected chi connectivity index (χ3v) is 6.25. The van der Waals surface area contributed by atoms with E-state index < -0.39 is 0 Å². The molecule has 5 heteroatoms. The van der Waals surface area contributed by atoms with Crippen LogP contribution in [0.3, 0.4) is 0 Å². The minimum absolute atomic E-state index is 0.593. The first-order chi connectivity index (χ1) is 16.5. The normalized spacial score (nSPS) is 11.0. The molecule has 0 bridgehead atoms. The van der Waals surface area contributed by atoms with Gasteiger partial charge in [0, 0.05) is 49.7 Å². The third kappa shape index (κ3) is 5.28. The Kier molecular flexibility index (Phi) is 7.59. The van der Waals surface area contributed by atoms with Crippen molar-refractivity contribution in [2.75, 3.05) is 37.0 Å². The summed E-state index contributed by atoms with van der Waals surface area (Å²) in [4.78, 5) is 9.05. The summed E-state index contributed by atoms with van der Waals surface area (Å²) in [7, 11) is 4.08. The second-order valence-electron chi connectivity index (χ2n) is 8.70. The molecule has 34 heavy (non-hydrogen) atoms. The van der Waals surface area contributed by atoms with Gasteiger partial charge in [-0.3, -0.25) is 0 Å². The van der Waals surface area contributed by atoms with Gasteiger partial charge in [-0.15, -0.1) is 0 Å². The number of oxazole rings is 1. The van der Waals surface area contributed by atoms with Crippen LogP contribution in [0.5, 0.6) is 0 Å². The highest BCUT2D eigenvalue weighted by Gasteiger charge is 2.14. The van der Waals surface area contributed by atoms with E-state index in [2.05, 4.69) is 83.2 Å². The van der Waals surface area contributed by atoms with Gasteiger partial charge in [0.1, 0.15) is 0 Å². The van der Waals surface area contributed by atoms with Gasteiger partial charge in [-0.1, -0.05) is 43.6 Å². The van der Waals surface area contributed by atoms with Gasteiger partial charge in [0.25, 0.3) is 0 Å². The zero-order valence-corrected chi connectivity index (χ0v) is 21.1. The molecule has 1 heterocycles. The maximum Gasteiger partial charge on any atom is 0.226 e. The Balaban J connectivity index is 1.59. The van der Waals surface area contributed by atoms with Gasteiger partial charge >= 0.3 is 0 Å². The van der Waals surface area contributed by atoms with E-state index >= 15 is 0 Å². The highest BCUT2D eigenvalue weighted by molar-refractivity contribution is 6.33. The second-order valence-corrected chi connectivity index (χ2v) is 9.11. The average Bonchev–Trinajstić information content (AvgIpc) is 3.34. The number of aromatic nitrogens is 1. The van der Waals surface area contributed by atoms with E-state index in [0.717, 1.165) is 53.9 Å². The van der Waals surface area contributed by atoms with E-state index in [4.69, 9.17) is 16.0 Å². The molecule has 0 aliphatic carbocycles. The predicted octanol–water partition coefficient (Wildman–Crippen LogP) is 8.02. The van der Waals surface area contributed by atoms with Crippen molar-refractivity contribution in [3.05, 3.63) is 77.9 Å². The lowest BCUT2D eigenvalue weighted by Crippen LogP contribution is -2.24. The van der Waals surface area contributed by atoms with Crippen LogP contribution in [0.2, 0.25) is 5.02 Å². The van der Waals surface area contributed by atoms with Gasteiger partial charge in [-0.25, -0.2) is 4.98 Å². The Morgan fingerprint density at radius 3 is 1.97 bits per heavy atom. The molecule has 0 atom stereocenters. The topological polar surface area (TPSA) is 32.5 Å². The van der Waals surface area contributed by atoms with Crippen molar-refractivity contribution >= 4 is 23.0 Å². The molecule has 4 rings (SSSR count). The van der Waals surface area contributed by atoms with E-state index in [0.29, 0.717) is 16.7 Å². The van der Waals surface area contributed by atoms with Crippen LogP contribution in [0.1, 0.15) is 26.7 Å². The molecule has 0 radical (unpaired) electrons. The first-order valence-corrected chi connectivity index (χ1v) is 12.3. The van der Waals surface area contributed by atoms with E-state index in [1.165, 1.54) is 5.69 Å². The lowest BCUT2D eigenvalue weighted by atomic mass is 10.0. The molecule has 0 saturated heterocycles. The smallest absolute Gasteiger partial charge is 0.226 e. The molecule has 4 aromatic rings. The maximum absolute atomic E-state index is 6.56. The lowest BCUT2D eigenvalue weighted by molar-refractivity contribution is 0.589. The molecule has 0 saturated carbocycles. The fourth-order valence-corrected chi connectivity index (χ4v) is 4.31. The minimum Gasteiger partial charge on any atom is -0.436 e. The summed E-state index contributed by atoms with van der Waals surface area (Å²) in [5.41, 5.74) is 6.39. The van der Waals surface area contributed by atoms with Crippen LogP contribution in [-0.2, 0) is 0 Å². The Morgan fingerprint density at radius 2 is 1.35 bits per heavy atom. The standard InChI is InChI=1S/C29H32ClN3O/c1-5-17-33(18-6-2)25-14-9-22(10-15-25)29-31-20-28(34-29)26-19-23(11-16-27(26)30)21-7-12-24(13-8-21)32(3)4/h7-16,19-20H,5-6,17-18H2,1-4H3. The summed E-state index contributed by atoms with van der Waals surface area (Å²) in [5.74, 6) is 1.25. The molecule has 0 fully saturated rings. The number of halogens is 1. The minimum atomic E-state index is 0.593. The van der Waals surface area contributed by atoms with Gasteiger partial charge in [0.2, 0.25) is 5.89 Å². The highest BCUT2D eigenvalue weighted by Crippen LogP contribution is 2.35. The van der Waals surface area contributed by atoms with Crippen LogP contribution in [-0.4, -0.2) is 32.2 Å². The molecule has 0 N–H and O–H groups in total. The Bertz CT molecular complexity index is 1210. The Morgan fingerprint density at radius 1 is 0.765 bits per heavy atom. The van der Waals surface area contributed by atoms with Gasteiger partial charge < -0.3 is 14.2 Å². The first-order valence-electron chi connectivity index (χ1n) is 11.9. The van der Waals surface area contributed by atoms with Gasteiger partial charge in [-0.05, 0) is 72.5 Å². The molecule has 176 valence electrons. The van der Waals surface area contributed by atoms with E-state index in [9.17, 15) is 0 Å². The molecule has 1 aromatic heterocycles.